The Morgan fingerprint density at radius 1 is 1.33 bits per heavy atom. The van der Waals surface area contributed by atoms with Crippen molar-refractivity contribution in [2.24, 2.45) is 0 Å². The topological polar surface area (TPSA) is 20.2 Å². The molecule has 0 saturated carbocycles. The van der Waals surface area contributed by atoms with E-state index in [0.717, 1.165) is 18.6 Å². The van der Waals surface area contributed by atoms with Crippen LogP contribution in [-0.2, 0) is 0 Å². The summed E-state index contributed by atoms with van der Waals surface area (Å²) in [7, 11) is 0. The van der Waals surface area contributed by atoms with Crippen molar-refractivity contribution >= 4 is 11.8 Å². The lowest BCUT2D eigenvalue weighted by Crippen LogP contribution is -2.19. The fourth-order valence-corrected chi connectivity index (χ4v) is 3.27. The van der Waals surface area contributed by atoms with E-state index in [2.05, 4.69) is 0 Å². The van der Waals surface area contributed by atoms with E-state index in [0.29, 0.717) is 5.56 Å². The largest absolute Gasteiger partial charge is 0.387 e. The van der Waals surface area contributed by atoms with Crippen molar-refractivity contribution in [1.82, 2.24) is 0 Å². The van der Waals surface area contributed by atoms with Crippen molar-refractivity contribution in [2.45, 2.75) is 30.6 Å². The van der Waals surface area contributed by atoms with Gasteiger partial charge in [0.25, 0.3) is 0 Å². The molecule has 15 heavy (non-hydrogen) atoms. The van der Waals surface area contributed by atoms with E-state index in [1.165, 1.54) is 12.5 Å². The molecule has 1 aliphatic rings. The van der Waals surface area contributed by atoms with Gasteiger partial charge in [-0.1, -0.05) is 24.6 Å². The number of aliphatic hydroxyl groups is 1. The van der Waals surface area contributed by atoms with Gasteiger partial charge in [0.05, 0.1) is 6.10 Å². The second-order valence-electron chi connectivity index (χ2n) is 3.87. The van der Waals surface area contributed by atoms with Crippen LogP contribution in [-0.4, -0.2) is 16.1 Å². The molecule has 0 amide bonds. The molecule has 0 spiro atoms. The van der Waals surface area contributed by atoms with Crippen molar-refractivity contribution < 1.29 is 9.50 Å². The van der Waals surface area contributed by atoms with Crippen LogP contribution in [0.1, 0.15) is 30.9 Å². The summed E-state index contributed by atoms with van der Waals surface area (Å²) in [5.74, 6) is 0.784. The third-order valence-electron chi connectivity index (χ3n) is 2.79. The minimum absolute atomic E-state index is 0.163. The van der Waals surface area contributed by atoms with Crippen LogP contribution in [0.15, 0.2) is 24.3 Å². The summed E-state index contributed by atoms with van der Waals surface area (Å²) in [4.78, 5) is 0. The van der Waals surface area contributed by atoms with Gasteiger partial charge in [-0.25, -0.2) is 4.39 Å². The lowest BCUT2D eigenvalue weighted by atomic mass is 10.0. The van der Waals surface area contributed by atoms with Gasteiger partial charge < -0.3 is 5.11 Å². The summed E-state index contributed by atoms with van der Waals surface area (Å²) in [6.07, 6.45) is 2.69. The number of rotatable bonds is 2. The maximum absolute atomic E-state index is 13.4. The Labute approximate surface area is 93.7 Å². The highest BCUT2D eigenvalue weighted by molar-refractivity contribution is 7.99. The Kier molecular flexibility index (Phi) is 3.65. The van der Waals surface area contributed by atoms with Crippen LogP contribution in [0.4, 0.5) is 4.39 Å². The predicted molar refractivity (Wildman–Crippen MR) is 61.5 cm³/mol. The van der Waals surface area contributed by atoms with Crippen LogP contribution >= 0.6 is 11.8 Å². The van der Waals surface area contributed by atoms with Gasteiger partial charge in [0.15, 0.2) is 0 Å². The molecule has 0 bridgehead atoms. The van der Waals surface area contributed by atoms with E-state index in [4.69, 9.17) is 0 Å². The highest BCUT2D eigenvalue weighted by atomic mass is 32.2. The van der Waals surface area contributed by atoms with Crippen LogP contribution in [0.3, 0.4) is 0 Å². The number of benzene rings is 1. The van der Waals surface area contributed by atoms with Crippen LogP contribution in [0.25, 0.3) is 0 Å². The molecular formula is C12H15FOS. The Balaban J connectivity index is 2.12. The van der Waals surface area contributed by atoms with Crippen LogP contribution < -0.4 is 0 Å². The Morgan fingerprint density at radius 3 is 2.80 bits per heavy atom. The fourth-order valence-electron chi connectivity index (χ4n) is 1.93. The number of thioether (sulfide) groups is 1. The zero-order chi connectivity index (χ0) is 10.7. The third-order valence-corrected chi connectivity index (χ3v) is 4.24. The molecule has 1 heterocycles. The highest BCUT2D eigenvalue weighted by Gasteiger charge is 2.25. The minimum atomic E-state index is -0.656. The molecule has 0 aromatic heterocycles. The van der Waals surface area contributed by atoms with Gasteiger partial charge >= 0.3 is 0 Å². The molecule has 2 atom stereocenters. The molecule has 0 radical (unpaired) electrons. The predicted octanol–water partition coefficient (Wildman–Crippen LogP) is 3.14. The Morgan fingerprint density at radius 2 is 2.13 bits per heavy atom. The second kappa shape index (κ2) is 4.99. The first kappa shape index (κ1) is 11.0. The highest BCUT2D eigenvalue weighted by Crippen LogP contribution is 2.35. The fraction of sp³-hybridized carbons (Fsp3) is 0.500. The van der Waals surface area contributed by atoms with Crippen molar-refractivity contribution in [2.75, 3.05) is 5.75 Å². The molecular weight excluding hydrogens is 211 g/mol. The monoisotopic (exact) mass is 226 g/mol. The molecule has 82 valence electrons. The van der Waals surface area contributed by atoms with E-state index >= 15 is 0 Å². The maximum Gasteiger partial charge on any atom is 0.129 e. The molecule has 1 fully saturated rings. The van der Waals surface area contributed by atoms with E-state index in [-0.39, 0.29) is 11.1 Å². The molecule has 2 unspecified atom stereocenters. The molecule has 0 aliphatic carbocycles. The number of halogens is 1. The van der Waals surface area contributed by atoms with Gasteiger partial charge in [-0.05, 0) is 24.7 Å². The second-order valence-corrected chi connectivity index (χ2v) is 5.22. The van der Waals surface area contributed by atoms with Gasteiger partial charge in [0.1, 0.15) is 5.82 Å². The van der Waals surface area contributed by atoms with Gasteiger partial charge in [0, 0.05) is 10.8 Å². The summed E-state index contributed by atoms with van der Waals surface area (Å²) >= 11 is 1.76. The van der Waals surface area contributed by atoms with Gasteiger partial charge in [0.2, 0.25) is 0 Å². The normalized spacial score (nSPS) is 23.7. The number of hydrogen-bond donors (Lipinski definition) is 1. The number of aliphatic hydroxyl groups excluding tert-OH is 1. The molecule has 1 N–H and O–H groups in total. The van der Waals surface area contributed by atoms with Crippen molar-refractivity contribution in [3.05, 3.63) is 35.6 Å². The van der Waals surface area contributed by atoms with Crippen molar-refractivity contribution in [1.29, 1.82) is 0 Å². The van der Waals surface area contributed by atoms with Crippen LogP contribution in [0.5, 0.6) is 0 Å². The smallest absolute Gasteiger partial charge is 0.129 e. The lowest BCUT2D eigenvalue weighted by Gasteiger charge is -2.26. The Bertz CT molecular complexity index is 323. The molecule has 1 aromatic rings. The zero-order valence-corrected chi connectivity index (χ0v) is 9.34. The molecule has 2 rings (SSSR count). The zero-order valence-electron chi connectivity index (χ0n) is 8.53. The first-order valence-corrected chi connectivity index (χ1v) is 6.38. The lowest BCUT2D eigenvalue weighted by molar-refractivity contribution is 0.164. The third kappa shape index (κ3) is 2.52. The molecule has 1 aromatic carbocycles. The SMILES string of the molecule is OC(c1ccccc1F)C1CCCCS1. The molecule has 3 heteroatoms. The summed E-state index contributed by atoms with van der Waals surface area (Å²) in [5, 5.41) is 10.2. The van der Waals surface area contributed by atoms with Crippen LogP contribution in [0.2, 0.25) is 0 Å². The summed E-state index contributed by atoms with van der Waals surface area (Å²) in [6, 6.07) is 6.51. The number of hydrogen-bond acceptors (Lipinski definition) is 2. The molecule has 1 saturated heterocycles. The van der Waals surface area contributed by atoms with Gasteiger partial charge in [-0.3, -0.25) is 0 Å². The first-order chi connectivity index (χ1) is 7.29. The van der Waals surface area contributed by atoms with Crippen LogP contribution in [0, 0.1) is 5.82 Å². The van der Waals surface area contributed by atoms with Crippen molar-refractivity contribution in [3.8, 4) is 0 Å². The minimum Gasteiger partial charge on any atom is -0.387 e. The first-order valence-electron chi connectivity index (χ1n) is 5.33. The molecule has 1 nitrogen and oxygen atoms in total. The van der Waals surface area contributed by atoms with Crippen molar-refractivity contribution in [3.63, 3.8) is 0 Å². The standard InChI is InChI=1S/C12H15FOS/c13-10-6-2-1-5-9(10)12(14)11-7-3-4-8-15-11/h1-2,5-6,11-12,14H,3-4,7-8H2. The summed E-state index contributed by atoms with van der Waals surface area (Å²) < 4.78 is 13.4. The van der Waals surface area contributed by atoms with Gasteiger partial charge in [-0.15, -0.1) is 0 Å². The quantitative estimate of drug-likeness (QED) is 0.836. The van der Waals surface area contributed by atoms with E-state index in [9.17, 15) is 9.50 Å². The van der Waals surface area contributed by atoms with E-state index < -0.39 is 6.10 Å². The maximum atomic E-state index is 13.4. The average molecular weight is 226 g/mol. The summed E-state index contributed by atoms with van der Waals surface area (Å²) in [6.45, 7) is 0. The van der Waals surface area contributed by atoms with E-state index in [1.807, 2.05) is 0 Å². The molecule has 1 aliphatic heterocycles. The van der Waals surface area contributed by atoms with E-state index in [1.54, 1.807) is 30.0 Å². The average Bonchev–Trinajstić information content (AvgIpc) is 2.30. The summed E-state index contributed by atoms with van der Waals surface area (Å²) in [5.41, 5.74) is 0.442. The van der Waals surface area contributed by atoms with Gasteiger partial charge in [-0.2, -0.15) is 11.8 Å². The Hall–Kier alpha value is -0.540.